The minimum absolute atomic E-state index is 0.0419. The zero-order chi connectivity index (χ0) is 19.8. The maximum atomic E-state index is 11.8. The summed E-state index contributed by atoms with van der Waals surface area (Å²) >= 11 is 0. The molecule has 1 aromatic carbocycles. The van der Waals surface area contributed by atoms with Gasteiger partial charge in [-0.25, -0.2) is 0 Å². The standard InChI is InChI=1S/C22H35N5O/c1-3-24-22(27-14-10-19(17-27)16-26-12-4-5-13-26)25-11-9-18-7-6-8-20(15-18)21(28)23-2/h6-8,15,19H,3-5,9-14,16-17H2,1-2H3,(H,23,28)(H,24,25). The lowest BCUT2D eigenvalue weighted by Crippen LogP contribution is -2.41. The van der Waals surface area contributed by atoms with Crippen LogP contribution < -0.4 is 10.6 Å². The predicted octanol–water partition coefficient (Wildman–Crippen LogP) is 1.97. The first-order valence-corrected chi connectivity index (χ1v) is 10.8. The van der Waals surface area contributed by atoms with E-state index in [1.165, 1.54) is 38.9 Å². The van der Waals surface area contributed by atoms with Gasteiger partial charge >= 0.3 is 0 Å². The lowest BCUT2D eigenvalue weighted by Gasteiger charge is -2.23. The minimum Gasteiger partial charge on any atom is -0.357 e. The molecule has 2 fully saturated rings. The van der Waals surface area contributed by atoms with Crippen molar-refractivity contribution >= 4 is 11.9 Å². The Bertz CT molecular complexity index is 669. The van der Waals surface area contributed by atoms with Crippen LogP contribution in [0.5, 0.6) is 0 Å². The van der Waals surface area contributed by atoms with Crippen molar-refractivity contribution < 1.29 is 4.79 Å². The van der Waals surface area contributed by atoms with Crippen molar-refractivity contribution in [3.8, 4) is 0 Å². The maximum Gasteiger partial charge on any atom is 0.251 e. The molecule has 0 aromatic heterocycles. The number of benzene rings is 1. The fourth-order valence-corrected chi connectivity index (χ4v) is 4.23. The molecule has 0 saturated carbocycles. The van der Waals surface area contributed by atoms with Crippen molar-refractivity contribution in [2.75, 3.05) is 52.9 Å². The first-order valence-electron chi connectivity index (χ1n) is 10.8. The molecule has 1 atom stereocenters. The van der Waals surface area contributed by atoms with Crippen LogP contribution in [0.4, 0.5) is 0 Å². The zero-order valence-electron chi connectivity index (χ0n) is 17.4. The molecule has 0 spiro atoms. The molecule has 6 nitrogen and oxygen atoms in total. The molecule has 0 aliphatic carbocycles. The molecule has 0 bridgehead atoms. The Kier molecular flexibility index (Phi) is 7.71. The van der Waals surface area contributed by atoms with E-state index in [9.17, 15) is 4.79 Å². The summed E-state index contributed by atoms with van der Waals surface area (Å²) in [5, 5.41) is 6.14. The molecule has 2 heterocycles. The van der Waals surface area contributed by atoms with Crippen LogP contribution in [0.2, 0.25) is 0 Å². The zero-order valence-corrected chi connectivity index (χ0v) is 17.4. The average Bonchev–Trinajstić information content (AvgIpc) is 3.39. The average molecular weight is 386 g/mol. The van der Waals surface area contributed by atoms with Crippen LogP contribution in [0, 0.1) is 5.92 Å². The Balaban J connectivity index is 1.53. The van der Waals surface area contributed by atoms with Crippen LogP contribution in [-0.2, 0) is 6.42 Å². The highest BCUT2D eigenvalue weighted by atomic mass is 16.1. The van der Waals surface area contributed by atoms with E-state index in [0.29, 0.717) is 5.56 Å². The maximum absolute atomic E-state index is 11.8. The van der Waals surface area contributed by atoms with Gasteiger partial charge in [0.2, 0.25) is 0 Å². The second-order valence-electron chi connectivity index (χ2n) is 7.87. The summed E-state index contributed by atoms with van der Waals surface area (Å²) in [4.78, 5) is 21.7. The molecule has 2 N–H and O–H groups in total. The third-order valence-corrected chi connectivity index (χ3v) is 5.71. The molecule has 2 saturated heterocycles. The predicted molar refractivity (Wildman–Crippen MR) is 115 cm³/mol. The third kappa shape index (κ3) is 5.71. The number of amides is 1. The number of carbonyl (C=O) groups is 1. The molecule has 6 heteroatoms. The molecule has 28 heavy (non-hydrogen) atoms. The van der Waals surface area contributed by atoms with Gasteiger partial charge in [-0.1, -0.05) is 12.1 Å². The Morgan fingerprint density at radius 2 is 2.07 bits per heavy atom. The van der Waals surface area contributed by atoms with Crippen LogP contribution in [0.15, 0.2) is 29.3 Å². The minimum atomic E-state index is -0.0419. The van der Waals surface area contributed by atoms with E-state index in [1.807, 2.05) is 18.2 Å². The van der Waals surface area contributed by atoms with Crippen molar-refractivity contribution in [1.29, 1.82) is 0 Å². The summed E-state index contributed by atoms with van der Waals surface area (Å²) in [6, 6.07) is 7.82. The monoisotopic (exact) mass is 385 g/mol. The molecule has 1 aromatic rings. The van der Waals surface area contributed by atoms with Crippen LogP contribution in [0.25, 0.3) is 0 Å². The number of rotatable bonds is 7. The largest absolute Gasteiger partial charge is 0.357 e. The summed E-state index contributed by atoms with van der Waals surface area (Å²) in [6.45, 7) is 9.73. The lowest BCUT2D eigenvalue weighted by molar-refractivity contribution is 0.0963. The SMILES string of the molecule is CCNC(=NCCc1cccc(C(=O)NC)c1)N1CCC(CN2CCCC2)C1. The fraction of sp³-hybridized carbons (Fsp3) is 0.636. The highest BCUT2D eigenvalue weighted by Crippen LogP contribution is 2.20. The second kappa shape index (κ2) is 10.5. The number of hydrogen-bond donors (Lipinski definition) is 2. The van der Waals surface area contributed by atoms with Gasteiger partial charge in [-0.05, 0) is 69.3 Å². The first-order chi connectivity index (χ1) is 13.7. The van der Waals surface area contributed by atoms with Gasteiger partial charge in [0.15, 0.2) is 5.96 Å². The number of nitrogens with one attached hydrogen (secondary N) is 2. The van der Waals surface area contributed by atoms with Crippen LogP contribution in [0.3, 0.4) is 0 Å². The van der Waals surface area contributed by atoms with Gasteiger partial charge in [0, 0.05) is 45.3 Å². The Labute approximate surface area is 169 Å². The number of hydrogen-bond acceptors (Lipinski definition) is 3. The fourth-order valence-electron chi connectivity index (χ4n) is 4.23. The molecular weight excluding hydrogens is 350 g/mol. The van der Waals surface area contributed by atoms with Crippen molar-refractivity contribution in [1.82, 2.24) is 20.4 Å². The van der Waals surface area contributed by atoms with Crippen LogP contribution in [0.1, 0.15) is 42.1 Å². The molecular formula is C22H35N5O. The van der Waals surface area contributed by atoms with Crippen LogP contribution in [-0.4, -0.2) is 74.5 Å². The van der Waals surface area contributed by atoms with Gasteiger partial charge in [-0.2, -0.15) is 0 Å². The van der Waals surface area contributed by atoms with Gasteiger partial charge in [-0.3, -0.25) is 9.79 Å². The summed E-state index contributed by atoms with van der Waals surface area (Å²) in [7, 11) is 1.66. The molecule has 1 amide bonds. The van der Waals surface area contributed by atoms with E-state index in [2.05, 4.69) is 33.4 Å². The Morgan fingerprint density at radius 3 is 2.82 bits per heavy atom. The van der Waals surface area contributed by atoms with Gasteiger partial charge in [0.05, 0.1) is 0 Å². The third-order valence-electron chi connectivity index (χ3n) is 5.71. The number of guanidine groups is 1. The highest BCUT2D eigenvalue weighted by Gasteiger charge is 2.27. The van der Waals surface area contributed by atoms with E-state index in [4.69, 9.17) is 4.99 Å². The molecule has 154 valence electrons. The summed E-state index contributed by atoms with van der Waals surface area (Å²) in [5.74, 6) is 1.75. The summed E-state index contributed by atoms with van der Waals surface area (Å²) < 4.78 is 0. The van der Waals surface area contributed by atoms with E-state index in [1.54, 1.807) is 7.05 Å². The smallest absolute Gasteiger partial charge is 0.251 e. The highest BCUT2D eigenvalue weighted by molar-refractivity contribution is 5.94. The number of carbonyl (C=O) groups excluding carboxylic acids is 1. The van der Waals surface area contributed by atoms with Gasteiger partial charge in [-0.15, -0.1) is 0 Å². The number of aliphatic imine (C=N–C) groups is 1. The van der Waals surface area contributed by atoms with Crippen molar-refractivity contribution in [2.45, 2.75) is 32.6 Å². The molecule has 0 radical (unpaired) electrons. The topological polar surface area (TPSA) is 60.0 Å². The summed E-state index contributed by atoms with van der Waals surface area (Å²) in [6.07, 6.45) is 4.82. The van der Waals surface area contributed by atoms with Gasteiger partial charge in [0.25, 0.3) is 5.91 Å². The lowest BCUT2D eigenvalue weighted by atomic mass is 10.1. The number of nitrogens with zero attached hydrogens (tertiary/aromatic N) is 3. The van der Waals surface area contributed by atoms with Gasteiger partial charge in [0.1, 0.15) is 0 Å². The van der Waals surface area contributed by atoms with Gasteiger partial charge < -0.3 is 20.4 Å². The normalized spacial score (nSPS) is 20.6. The number of likely N-dealkylation sites (tertiary alicyclic amines) is 2. The first kappa shape index (κ1) is 20.6. The van der Waals surface area contributed by atoms with Crippen molar-refractivity contribution in [3.63, 3.8) is 0 Å². The van der Waals surface area contributed by atoms with Crippen LogP contribution >= 0.6 is 0 Å². The molecule has 3 rings (SSSR count). The Hall–Kier alpha value is -2.08. The molecule has 2 aliphatic heterocycles. The van der Waals surface area contributed by atoms with Crippen molar-refractivity contribution in [3.05, 3.63) is 35.4 Å². The van der Waals surface area contributed by atoms with E-state index < -0.39 is 0 Å². The van der Waals surface area contributed by atoms with E-state index >= 15 is 0 Å². The Morgan fingerprint density at radius 1 is 1.25 bits per heavy atom. The quantitative estimate of drug-likeness (QED) is 0.557. The summed E-state index contributed by atoms with van der Waals surface area (Å²) in [5.41, 5.74) is 1.86. The van der Waals surface area contributed by atoms with E-state index in [-0.39, 0.29) is 5.91 Å². The van der Waals surface area contributed by atoms with E-state index in [0.717, 1.165) is 50.0 Å². The second-order valence-corrected chi connectivity index (χ2v) is 7.87. The molecule has 2 aliphatic rings. The molecule has 1 unspecified atom stereocenters. The van der Waals surface area contributed by atoms with Crippen molar-refractivity contribution in [2.24, 2.45) is 10.9 Å².